The van der Waals surface area contributed by atoms with Crippen LogP contribution >= 0.6 is 0 Å². The fourth-order valence-corrected chi connectivity index (χ4v) is 11.6. The van der Waals surface area contributed by atoms with E-state index in [0.29, 0.717) is 31.8 Å². The topological polar surface area (TPSA) is 205 Å². The van der Waals surface area contributed by atoms with Gasteiger partial charge in [-0.2, -0.15) is 0 Å². The molecule has 4 heterocycles. The lowest BCUT2D eigenvalue weighted by Crippen LogP contribution is -2.46. The summed E-state index contributed by atoms with van der Waals surface area (Å²) in [7, 11) is 6.57. The number of aliphatic hydroxyl groups excluding tert-OH is 1. The molecule has 19 heteroatoms. The highest BCUT2D eigenvalue weighted by molar-refractivity contribution is 5.77. The Morgan fingerprint density at radius 3 is 1.39 bits per heavy atom. The number of hydrogen-bond acceptors (Lipinski definition) is 18. The molecular weight excluding hydrogens is 993 g/mol. The summed E-state index contributed by atoms with van der Waals surface area (Å²) in [6.07, 6.45) is 19.4. The van der Waals surface area contributed by atoms with Gasteiger partial charge in [0.2, 0.25) is 0 Å². The highest BCUT2D eigenvalue weighted by Crippen LogP contribution is 2.33. The van der Waals surface area contributed by atoms with Crippen molar-refractivity contribution in [3.63, 3.8) is 0 Å². The van der Waals surface area contributed by atoms with Gasteiger partial charge in [-0.3, -0.25) is 29.2 Å². The predicted octanol–water partition coefficient (Wildman–Crippen LogP) is 5.96. The van der Waals surface area contributed by atoms with Crippen LogP contribution in [0.15, 0.2) is 36.4 Å². The van der Waals surface area contributed by atoms with E-state index in [1.54, 1.807) is 28.4 Å². The number of aliphatic carboxylic acids is 1. The first-order valence-electron chi connectivity index (χ1n) is 28.4. The first kappa shape index (κ1) is 61.5. The SMILES string of the molecule is COc1ccc(CCO[C@@H]2CCCC[C@H]2N2CC[C@@H](OC(=O)CO)C2)cc1OC.COc1ccc(CCO[C@@H]2CCCC[C@H]2N2CC[C@@H](OC(=O)COC(=O)CN3CCCCC3)C2)cc1OC.O=C(O)CN1CCCCC1. The number of benzene rings is 2. The molecule has 0 aromatic heterocycles. The maximum Gasteiger partial charge on any atom is 0.344 e. The average molecular weight is 1080 g/mol. The van der Waals surface area contributed by atoms with E-state index in [0.717, 1.165) is 157 Å². The monoisotopic (exact) mass is 1080 g/mol. The number of carboxylic acid groups (broad SMARTS) is 1. The van der Waals surface area contributed by atoms with Gasteiger partial charge >= 0.3 is 23.9 Å². The fourth-order valence-electron chi connectivity index (χ4n) is 11.6. The van der Waals surface area contributed by atoms with Crippen molar-refractivity contribution in [3.05, 3.63) is 47.5 Å². The quantitative estimate of drug-likeness (QED) is 0.0973. The zero-order valence-corrected chi connectivity index (χ0v) is 46.5. The van der Waals surface area contributed by atoms with E-state index in [2.05, 4.69) is 14.7 Å². The molecule has 4 saturated heterocycles. The van der Waals surface area contributed by atoms with Crippen LogP contribution in [0.2, 0.25) is 0 Å². The Kier molecular flexibility index (Phi) is 26.8. The number of carbonyl (C=O) groups is 4. The van der Waals surface area contributed by atoms with Crippen molar-refractivity contribution >= 4 is 23.9 Å². The Labute approximate surface area is 457 Å². The number of ether oxygens (including phenoxy) is 9. The van der Waals surface area contributed by atoms with Crippen LogP contribution in [0.5, 0.6) is 23.0 Å². The van der Waals surface area contributed by atoms with Crippen LogP contribution < -0.4 is 18.9 Å². The molecule has 4 aliphatic heterocycles. The third-order valence-corrected chi connectivity index (χ3v) is 15.7. The molecule has 0 radical (unpaired) electrons. The number of carbonyl (C=O) groups excluding carboxylic acids is 3. The predicted molar refractivity (Wildman–Crippen MR) is 289 cm³/mol. The first-order chi connectivity index (χ1) is 37.5. The van der Waals surface area contributed by atoms with Crippen molar-refractivity contribution < 1.29 is 72.0 Å². The number of esters is 3. The Morgan fingerprint density at radius 2 is 0.948 bits per heavy atom. The molecule has 0 amide bonds. The molecule has 2 aromatic carbocycles. The van der Waals surface area contributed by atoms with Crippen molar-refractivity contribution in [2.24, 2.45) is 0 Å². The van der Waals surface area contributed by atoms with Crippen LogP contribution in [-0.2, 0) is 55.7 Å². The minimum absolute atomic E-state index is 0.121. The molecule has 0 bridgehead atoms. The highest BCUT2D eigenvalue weighted by Gasteiger charge is 2.38. The van der Waals surface area contributed by atoms with E-state index in [9.17, 15) is 19.2 Å². The Bertz CT molecular complexity index is 2090. The van der Waals surface area contributed by atoms with Crippen molar-refractivity contribution in [1.29, 1.82) is 0 Å². The van der Waals surface area contributed by atoms with E-state index in [-0.39, 0.29) is 50.1 Å². The molecule has 6 aliphatic rings. The van der Waals surface area contributed by atoms with Gasteiger partial charge in [0.15, 0.2) is 29.6 Å². The molecule has 8 rings (SSSR count). The van der Waals surface area contributed by atoms with Crippen molar-refractivity contribution in [2.75, 3.05) is 120 Å². The van der Waals surface area contributed by atoms with E-state index in [1.165, 1.54) is 38.5 Å². The average Bonchev–Trinajstić information content (AvgIpc) is 4.13. The van der Waals surface area contributed by atoms with Gasteiger partial charge < -0.3 is 52.8 Å². The molecule has 77 heavy (non-hydrogen) atoms. The first-order valence-corrected chi connectivity index (χ1v) is 28.4. The number of methoxy groups -OCH3 is 4. The molecule has 2 aromatic rings. The number of likely N-dealkylation sites (tertiary alicyclic amines) is 4. The maximum atomic E-state index is 12.3. The van der Waals surface area contributed by atoms with Gasteiger partial charge in [0.05, 0.1) is 67.0 Å². The van der Waals surface area contributed by atoms with Gasteiger partial charge in [-0.25, -0.2) is 9.59 Å². The third kappa shape index (κ3) is 20.8. The zero-order valence-electron chi connectivity index (χ0n) is 46.5. The lowest BCUT2D eigenvalue weighted by Gasteiger charge is -2.37. The Balaban J connectivity index is 0.000000216. The lowest BCUT2D eigenvalue weighted by atomic mass is 9.91. The maximum absolute atomic E-state index is 12.3. The second-order valence-electron chi connectivity index (χ2n) is 21.1. The number of aliphatic hydroxyl groups is 1. The second-order valence-corrected chi connectivity index (χ2v) is 21.1. The number of carboxylic acids is 1. The van der Waals surface area contributed by atoms with Crippen molar-refractivity contribution in [2.45, 2.75) is 152 Å². The van der Waals surface area contributed by atoms with Gasteiger partial charge in [-0.05, 0) is 139 Å². The molecule has 432 valence electrons. The van der Waals surface area contributed by atoms with Gasteiger partial charge in [0.1, 0.15) is 18.8 Å². The molecule has 19 nitrogen and oxygen atoms in total. The molecule has 0 unspecified atom stereocenters. The van der Waals surface area contributed by atoms with Gasteiger partial charge in [0.25, 0.3) is 0 Å². The molecule has 2 aliphatic carbocycles. The molecular formula is C58H90N4O15. The summed E-state index contributed by atoms with van der Waals surface area (Å²) in [6, 6.07) is 12.7. The number of hydrogen-bond donors (Lipinski definition) is 2. The molecule has 2 saturated carbocycles. The van der Waals surface area contributed by atoms with Crippen molar-refractivity contribution in [1.82, 2.24) is 19.6 Å². The summed E-state index contributed by atoms with van der Waals surface area (Å²) in [5.41, 5.74) is 2.31. The van der Waals surface area contributed by atoms with Crippen molar-refractivity contribution in [3.8, 4) is 23.0 Å². The molecule has 6 fully saturated rings. The van der Waals surface area contributed by atoms with Gasteiger partial charge in [0, 0.05) is 38.3 Å². The Morgan fingerprint density at radius 1 is 0.506 bits per heavy atom. The number of piperidine rings is 2. The van der Waals surface area contributed by atoms with Crippen LogP contribution in [0.3, 0.4) is 0 Å². The third-order valence-electron chi connectivity index (χ3n) is 15.7. The number of nitrogens with zero attached hydrogens (tertiary/aromatic N) is 4. The summed E-state index contributed by atoms with van der Waals surface area (Å²) in [6.45, 7) is 7.89. The summed E-state index contributed by atoms with van der Waals surface area (Å²) >= 11 is 0. The van der Waals surface area contributed by atoms with Crippen LogP contribution in [-0.4, -0.2) is 211 Å². The molecule has 0 spiro atoms. The second kappa shape index (κ2) is 33.6. The molecule has 6 atom stereocenters. The standard InChI is InChI=1S/C29H44N2O7.C22H33NO6.C7H13NO2/c1-34-26-11-10-22(18-27(26)35-2)13-17-36-25-9-5-4-8-24(25)31-16-12-23(19-31)38-29(33)21-37-28(32)20-30-14-6-3-7-15-30;1-26-20-8-7-16(13-21(20)27-2)10-12-28-19-6-4-3-5-18(19)23-11-9-17(14-23)29-22(25)15-24;9-7(10)6-8-4-2-1-3-5-8/h10-11,18,23-25H,3-9,12-17,19-21H2,1-2H3;7-8,13,17-19,24H,3-6,9-12,14-15H2,1-2H3;1-6H2,(H,9,10)/t23-,24-,25-;17-,18-,19-;/m11./s1. The zero-order chi connectivity index (χ0) is 54.8. The van der Waals surface area contributed by atoms with Gasteiger partial charge in [-0.1, -0.05) is 50.7 Å². The van der Waals surface area contributed by atoms with E-state index < -0.39 is 24.5 Å². The molecule has 2 N–H and O–H groups in total. The summed E-state index contributed by atoms with van der Waals surface area (Å²) in [4.78, 5) is 54.9. The Hall–Kier alpha value is -4.76. The minimum Gasteiger partial charge on any atom is -0.493 e. The van der Waals surface area contributed by atoms with E-state index in [1.807, 2.05) is 41.3 Å². The van der Waals surface area contributed by atoms with Crippen LogP contribution in [0.25, 0.3) is 0 Å². The summed E-state index contributed by atoms with van der Waals surface area (Å²) in [5.74, 6) is 0.864. The smallest absolute Gasteiger partial charge is 0.344 e. The normalized spacial score (nSPS) is 24.3. The lowest BCUT2D eigenvalue weighted by molar-refractivity contribution is -0.162. The highest BCUT2D eigenvalue weighted by atomic mass is 16.6. The minimum atomic E-state index is -0.707. The largest absolute Gasteiger partial charge is 0.493 e. The number of rotatable bonds is 23. The van der Waals surface area contributed by atoms with Gasteiger partial charge in [-0.15, -0.1) is 0 Å². The fraction of sp³-hybridized carbons (Fsp3) is 0.724. The summed E-state index contributed by atoms with van der Waals surface area (Å²) < 4.78 is 50.3. The van der Waals surface area contributed by atoms with Crippen LogP contribution in [0.1, 0.15) is 114 Å². The van der Waals surface area contributed by atoms with Crippen LogP contribution in [0.4, 0.5) is 0 Å². The van der Waals surface area contributed by atoms with Crippen LogP contribution in [0, 0.1) is 0 Å². The summed E-state index contributed by atoms with van der Waals surface area (Å²) in [5, 5.41) is 17.3. The van der Waals surface area contributed by atoms with E-state index >= 15 is 0 Å². The van der Waals surface area contributed by atoms with E-state index in [4.69, 9.17) is 52.8 Å².